The van der Waals surface area contributed by atoms with Crippen molar-refractivity contribution in [3.05, 3.63) is 18.5 Å². The number of hydrogen-bond donors (Lipinski definition) is 2. The highest BCUT2D eigenvalue weighted by molar-refractivity contribution is 5.53. The molecule has 0 atom stereocenters. The van der Waals surface area contributed by atoms with Gasteiger partial charge in [0.2, 0.25) is 0 Å². The fraction of sp³-hybridized carbons (Fsp3) is 0. The second kappa shape index (κ2) is 1.85. The molecule has 0 aromatic carbocycles. The van der Waals surface area contributed by atoms with Gasteiger partial charge in [-0.25, -0.2) is 9.50 Å². The van der Waals surface area contributed by atoms with E-state index in [1.54, 1.807) is 23.0 Å². The number of hydrogen-bond acceptors (Lipinski definition) is 4. The zero-order valence-electron chi connectivity index (χ0n) is 5.73. The van der Waals surface area contributed by atoms with Crippen molar-refractivity contribution < 1.29 is 0 Å². The lowest BCUT2D eigenvalue weighted by molar-refractivity contribution is 0.956. The predicted molar refractivity (Wildman–Crippen MR) is 41.8 cm³/mol. The van der Waals surface area contributed by atoms with Gasteiger partial charge in [-0.15, -0.1) is 0 Å². The molecule has 2 heterocycles. The molecule has 0 saturated heterocycles. The summed E-state index contributed by atoms with van der Waals surface area (Å²) in [5.74, 6) is 0.901. The Balaban J connectivity index is 2.82. The van der Waals surface area contributed by atoms with Gasteiger partial charge in [0.1, 0.15) is 11.6 Å². The Labute approximate surface area is 62.6 Å². The van der Waals surface area contributed by atoms with Crippen LogP contribution in [0.3, 0.4) is 0 Å². The van der Waals surface area contributed by atoms with Crippen molar-refractivity contribution in [3.63, 3.8) is 0 Å². The van der Waals surface area contributed by atoms with Crippen LogP contribution in [0.25, 0.3) is 5.52 Å². The second-order valence-electron chi connectivity index (χ2n) is 2.25. The summed E-state index contributed by atoms with van der Waals surface area (Å²) in [5.41, 5.74) is 11.7. The molecule has 0 bridgehead atoms. The quantitative estimate of drug-likeness (QED) is 0.547. The number of aromatic nitrogens is 3. The largest absolute Gasteiger partial charge is 0.382 e. The number of anilines is 2. The summed E-state index contributed by atoms with van der Waals surface area (Å²) >= 11 is 0. The Kier molecular flexibility index (Phi) is 1.00. The third kappa shape index (κ3) is 0.861. The van der Waals surface area contributed by atoms with Crippen molar-refractivity contribution >= 4 is 17.2 Å². The Bertz CT molecular complexity index is 391. The molecule has 0 aliphatic carbocycles. The molecule has 11 heavy (non-hydrogen) atoms. The SMILES string of the molecule is Nc1cn2nc(N)cc2cn1. The van der Waals surface area contributed by atoms with Crippen molar-refractivity contribution in [2.24, 2.45) is 0 Å². The molecule has 0 saturated carbocycles. The molecule has 0 aliphatic rings. The van der Waals surface area contributed by atoms with Crippen LogP contribution in [0.1, 0.15) is 0 Å². The minimum absolute atomic E-state index is 0.431. The van der Waals surface area contributed by atoms with E-state index in [-0.39, 0.29) is 0 Å². The monoisotopic (exact) mass is 149 g/mol. The average Bonchev–Trinajstić information content (AvgIpc) is 2.27. The smallest absolute Gasteiger partial charge is 0.146 e. The van der Waals surface area contributed by atoms with E-state index in [1.807, 2.05) is 0 Å². The van der Waals surface area contributed by atoms with Crippen LogP contribution in [0.5, 0.6) is 0 Å². The molecule has 4 N–H and O–H groups in total. The zero-order valence-corrected chi connectivity index (χ0v) is 5.73. The van der Waals surface area contributed by atoms with Crippen LogP contribution in [0.2, 0.25) is 0 Å². The molecule has 5 nitrogen and oxygen atoms in total. The van der Waals surface area contributed by atoms with Crippen LogP contribution in [0, 0.1) is 0 Å². The third-order valence-electron chi connectivity index (χ3n) is 1.38. The molecule has 2 aromatic heterocycles. The number of nitrogens with two attached hydrogens (primary N) is 2. The van der Waals surface area contributed by atoms with Gasteiger partial charge in [0, 0.05) is 6.07 Å². The van der Waals surface area contributed by atoms with Gasteiger partial charge in [-0.2, -0.15) is 5.10 Å². The summed E-state index contributed by atoms with van der Waals surface area (Å²) in [6.07, 6.45) is 3.24. The lowest BCUT2D eigenvalue weighted by atomic mass is 10.5. The summed E-state index contributed by atoms with van der Waals surface area (Å²) < 4.78 is 1.59. The molecule has 0 fully saturated rings. The molecule has 0 unspecified atom stereocenters. The molecular weight excluding hydrogens is 142 g/mol. The summed E-state index contributed by atoms with van der Waals surface area (Å²) in [5, 5.41) is 3.95. The number of nitrogens with zero attached hydrogens (tertiary/aromatic N) is 3. The van der Waals surface area contributed by atoms with E-state index in [1.165, 1.54) is 0 Å². The Morgan fingerprint density at radius 2 is 2.09 bits per heavy atom. The van der Waals surface area contributed by atoms with E-state index in [9.17, 15) is 0 Å². The molecule has 0 radical (unpaired) electrons. The maximum absolute atomic E-state index is 5.44. The van der Waals surface area contributed by atoms with Crippen molar-refractivity contribution in [2.75, 3.05) is 11.5 Å². The van der Waals surface area contributed by atoms with E-state index in [2.05, 4.69) is 10.1 Å². The second-order valence-corrected chi connectivity index (χ2v) is 2.25. The molecule has 0 aliphatic heterocycles. The molecule has 2 rings (SSSR count). The third-order valence-corrected chi connectivity index (χ3v) is 1.38. The summed E-state index contributed by atoms with van der Waals surface area (Å²) in [7, 11) is 0. The highest BCUT2D eigenvalue weighted by Gasteiger charge is 1.96. The fourth-order valence-corrected chi connectivity index (χ4v) is 0.928. The average molecular weight is 149 g/mol. The van der Waals surface area contributed by atoms with Gasteiger partial charge in [0.15, 0.2) is 0 Å². The van der Waals surface area contributed by atoms with Crippen LogP contribution in [0.15, 0.2) is 18.5 Å². The minimum atomic E-state index is 0.431. The molecule has 2 aromatic rings. The highest BCUT2D eigenvalue weighted by Crippen LogP contribution is 2.07. The minimum Gasteiger partial charge on any atom is -0.382 e. The first-order valence-electron chi connectivity index (χ1n) is 3.12. The van der Waals surface area contributed by atoms with E-state index in [0.29, 0.717) is 11.6 Å². The molecular formula is C6H7N5. The highest BCUT2D eigenvalue weighted by atomic mass is 15.3. The first-order chi connectivity index (χ1) is 5.25. The zero-order chi connectivity index (χ0) is 7.84. The van der Waals surface area contributed by atoms with Crippen LogP contribution in [-0.4, -0.2) is 14.6 Å². The molecule has 5 heteroatoms. The Morgan fingerprint density at radius 1 is 1.27 bits per heavy atom. The van der Waals surface area contributed by atoms with Gasteiger partial charge < -0.3 is 11.5 Å². The number of fused-ring (bicyclic) bond motifs is 1. The van der Waals surface area contributed by atoms with Crippen LogP contribution < -0.4 is 11.5 Å². The van der Waals surface area contributed by atoms with E-state index in [0.717, 1.165) is 5.52 Å². The number of nitrogen functional groups attached to an aromatic ring is 2. The fourth-order valence-electron chi connectivity index (χ4n) is 0.928. The lowest BCUT2D eigenvalue weighted by Crippen LogP contribution is -1.95. The summed E-state index contributed by atoms with van der Waals surface area (Å²) in [4.78, 5) is 3.88. The van der Waals surface area contributed by atoms with Gasteiger partial charge in [-0.3, -0.25) is 0 Å². The van der Waals surface area contributed by atoms with E-state index in [4.69, 9.17) is 11.5 Å². The van der Waals surface area contributed by atoms with Gasteiger partial charge in [-0.05, 0) is 0 Å². The maximum atomic E-state index is 5.44. The van der Waals surface area contributed by atoms with Crippen molar-refractivity contribution in [1.82, 2.24) is 14.6 Å². The van der Waals surface area contributed by atoms with Gasteiger partial charge in [-0.1, -0.05) is 0 Å². The van der Waals surface area contributed by atoms with Crippen molar-refractivity contribution in [2.45, 2.75) is 0 Å². The summed E-state index contributed by atoms with van der Waals surface area (Å²) in [6.45, 7) is 0. The van der Waals surface area contributed by atoms with Crippen LogP contribution >= 0.6 is 0 Å². The Hall–Kier alpha value is -1.78. The standard InChI is InChI=1S/C6H7N5/c7-5-1-4-2-9-6(8)3-11(4)10-5/h1-3H,8H2,(H2,7,10). The normalized spacial score (nSPS) is 10.5. The first kappa shape index (κ1) is 5.96. The predicted octanol–water partition coefficient (Wildman–Crippen LogP) is -0.106. The van der Waals surface area contributed by atoms with Crippen LogP contribution in [-0.2, 0) is 0 Å². The van der Waals surface area contributed by atoms with Crippen LogP contribution in [0.4, 0.5) is 11.6 Å². The topological polar surface area (TPSA) is 82.2 Å². The van der Waals surface area contributed by atoms with Gasteiger partial charge >= 0.3 is 0 Å². The first-order valence-corrected chi connectivity index (χ1v) is 3.12. The Morgan fingerprint density at radius 3 is 2.91 bits per heavy atom. The number of rotatable bonds is 0. The summed E-state index contributed by atoms with van der Waals surface area (Å²) in [6, 6.07) is 1.73. The maximum Gasteiger partial charge on any atom is 0.146 e. The molecule has 56 valence electrons. The molecule has 0 spiro atoms. The molecule has 0 amide bonds. The van der Waals surface area contributed by atoms with Gasteiger partial charge in [0.05, 0.1) is 17.9 Å². The van der Waals surface area contributed by atoms with E-state index >= 15 is 0 Å². The van der Waals surface area contributed by atoms with Gasteiger partial charge in [0.25, 0.3) is 0 Å². The van der Waals surface area contributed by atoms with Crippen molar-refractivity contribution in [1.29, 1.82) is 0 Å². The van der Waals surface area contributed by atoms with E-state index < -0.39 is 0 Å². The lowest BCUT2D eigenvalue weighted by Gasteiger charge is -1.91. The van der Waals surface area contributed by atoms with Crippen molar-refractivity contribution in [3.8, 4) is 0 Å².